The monoisotopic (exact) mass is 499 g/mol. The first-order chi connectivity index (χ1) is 17.0. The number of nitrogen functional groups attached to an aromatic ring is 1. The van der Waals surface area contributed by atoms with Crippen molar-refractivity contribution in [3.8, 4) is 5.88 Å². The maximum absolute atomic E-state index is 13.0. The van der Waals surface area contributed by atoms with E-state index >= 15 is 0 Å². The lowest BCUT2D eigenvalue weighted by Gasteiger charge is -2.28. The molecule has 0 saturated carbocycles. The number of pyridine rings is 1. The van der Waals surface area contributed by atoms with E-state index in [2.05, 4.69) is 4.98 Å². The van der Waals surface area contributed by atoms with Gasteiger partial charge in [0.1, 0.15) is 17.9 Å². The van der Waals surface area contributed by atoms with Crippen LogP contribution in [0.3, 0.4) is 0 Å². The van der Waals surface area contributed by atoms with Crippen molar-refractivity contribution >= 4 is 35.1 Å². The quantitative estimate of drug-likeness (QED) is 0.359. The zero-order chi connectivity index (χ0) is 26.5. The second kappa shape index (κ2) is 10.9. The summed E-state index contributed by atoms with van der Waals surface area (Å²) in [6.45, 7) is 7.08. The Bertz CT molecular complexity index is 1180. The van der Waals surface area contributed by atoms with Crippen LogP contribution in [0.1, 0.15) is 33.3 Å². The molecule has 0 aliphatic carbocycles. The van der Waals surface area contributed by atoms with Crippen LogP contribution in [0.15, 0.2) is 42.5 Å². The summed E-state index contributed by atoms with van der Waals surface area (Å²) in [6.07, 6.45) is 2.01. The third kappa shape index (κ3) is 6.40. The number of anilines is 3. The molecule has 0 unspecified atom stereocenters. The van der Waals surface area contributed by atoms with E-state index in [4.69, 9.17) is 19.9 Å². The topological polar surface area (TPSA) is 150 Å². The highest BCUT2D eigenvalue weighted by atomic mass is 16.6. The minimum atomic E-state index is -0.821. The number of benzene rings is 1. The van der Waals surface area contributed by atoms with Gasteiger partial charge in [-0.05, 0) is 51.5 Å². The molecule has 0 radical (unpaired) electrons. The van der Waals surface area contributed by atoms with Gasteiger partial charge in [-0.15, -0.1) is 0 Å². The molecule has 0 spiro atoms. The van der Waals surface area contributed by atoms with Gasteiger partial charge in [-0.1, -0.05) is 18.2 Å². The van der Waals surface area contributed by atoms with E-state index < -0.39 is 34.2 Å². The van der Waals surface area contributed by atoms with Crippen molar-refractivity contribution in [2.75, 3.05) is 35.3 Å². The Hall–Kier alpha value is -4.35. The van der Waals surface area contributed by atoms with Crippen LogP contribution in [-0.4, -0.2) is 47.5 Å². The summed E-state index contributed by atoms with van der Waals surface area (Å²) in [5.41, 5.74) is 5.57. The number of carbonyl (C=O) groups excluding carboxylic acids is 2. The Kier molecular flexibility index (Phi) is 7.97. The fraction of sp³-hybridized carbons (Fsp3) is 0.375. The van der Waals surface area contributed by atoms with E-state index in [1.165, 1.54) is 11.0 Å². The van der Waals surface area contributed by atoms with E-state index in [0.29, 0.717) is 11.3 Å². The van der Waals surface area contributed by atoms with Crippen molar-refractivity contribution in [1.29, 1.82) is 0 Å². The lowest BCUT2D eigenvalue weighted by Crippen LogP contribution is -2.37. The number of nitrogens with zero attached hydrogens (tertiary/aromatic N) is 4. The summed E-state index contributed by atoms with van der Waals surface area (Å²) >= 11 is 0. The Morgan fingerprint density at radius 1 is 1.19 bits per heavy atom. The molecule has 2 heterocycles. The number of aromatic nitrogens is 1. The molecule has 1 aromatic carbocycles. The number of amides is 2. The molecule has 192 valence electrons. The smallest absolute Gasteiger partial charge is 0.415 e. The predicted octanol–water partition coefficient (Wildman–Crippen LogP) is 4.43. The minimum absolute atomic E-state index is 0.0122. The molecule has 36 heavy (non-hydrogen) atoms. The van der Waals surface area contributed by atoms with Gasteiger partial charge in [0.2, 0.25) is 11.7 Å². The molecule has 2 amide bonds. The number of fused-ring (bicyclic) bond motifs is 4. The van der Waals surface area contributed by atoms with Crippen LogP contribution in [0.25, 0.3) is 0 Å². The largest absolute Gasteiger partial charge is 0.473 e. The van der Waals surface area contributed by atoms with Gasteiger partial charge < -0.3 is 19.9 Å². The molecule has 0 fully saturated rings. The maximum atomic E-state index is 13.0. The van der Waals surface area contributed by atoms with Gasteiger partial charge in [-0.2, -0.15) is 4.98 Å². The molecule has 0 saturated heterocycles. The van der Waals surface area contributed by atoms with E-state index in [9.17, 15) is 19.7 Å². The number of nitrogens with two attached hydrogens (primary N) is 1. The normalized spacial score (nSPS) is 14.8. The second-order valence-corrected chi connectivity index (χ2v) is 8.80. The Morgan fingerprint density at radius 2 is 1.94 bits per heavy atom. The Labute approximate surface area is 208 Å². The van der Waals surface area contributed by atoms with Crippen LogP contribution in [0.5, 0.6) is 5.88 Å². The van der Waals surface area contributed by atoms with Crippen molar-refractivity contribution in [3.05, 3.63) is 58.2 Å². The van der Waals surface area contributed by atoms with E-state index in [-0.39, 0.29) is 37.9 Å². The lowest BCUT2D eigenvalue weighted by molar-refractivity contribution is -0.383. The molecule has 3 rings (SSSR count). The molecule has 2 N–H and O–H groups in total. The third-order valence-electron chi connectivity index (χ3n) is 4.90. The summed E-state index contributed by atoms with van der Waals surface area (Å²) in [4.78, 5) is 43.5. The van der Waals surface area contributed by atoms with Gasteiger partial charge in [0.25, 0.3) is 0 Å². The van der Waals surface area contributed by atoms with Crippen molar-refractivity contribution in [3.63, 3.8) is 0 Å². The summed E-state index contributed by atoms with van der Waals surface area (Å²) in [7, 11) is 0. The lowest BCUT2D eigenvalue weighted by atomic mass is 10.1. The first-order valence-corrected chi connectivity index (χ1v) is 11.3. The fourth-order valence-corrected chi connectivity index (χ4v) is 3.43. The third-order valence-corrected chi connectivity index (χ3v) is 4.90. The molecular formula is C24H29N5O7. The SMILES string of the molecule is CCOC(=O)N1Cc2cccc(c2)N(C(=O)OC(C)(C)C)C/C=C/COc2cc1c([N+](=O)[O-])c(N)n2. The highest BCUT2D eigenvalue weighted by Gasteiger charge is 2.31. The average Bonchev–Trinajstić information content (AvgIpc) is 2.77. The number of nitro groups is 1. The number of hydrogen-bond acceptors (Lipinski definition) is 9. The van der Waals surface area contributed by atoms with Crippen molar-refractivity contribution < 1.29 is 28.7 Å². The van der Waals surface area contributed by atoms with Gasteiger partial charge in [-0.25, -0.2) is 9.59 Å². The summed E-state index contributed by atoms with van der Waals surface area (Å²) < 4.78 is 16.3. The first-order valence-electron chi connectivity index (χ1n) is 11.3. The number of carbonyl (C=O) groups is 2. The molecule has 12 heteroatoms. The van der Waals surface area contributed by atoms with Crippen LogP contribution >= 0.6 is 0 Å². The summed E-state index contributed by atoms with van der Waals surface area (Å²) in [6, 6.07) is 8.14. The van der Waals surface area contributed by atoms with Crippen LogP contribution in [0, 0.1) is 10.1 Å². The molecular weight excluding hydrogens is 470 g/mol. The molecule has 2 aromatic rings. The highest BCUT2D eigenvalue weighted by molar-refractivity contribution is 5.93. The van der Waals surface area contributed by atoms with Gasteiger partial charge in [0, 0.05) is 18.3 Å². The highest BCUT2D eigenvalue weighted by Crippen LogP contribution is 2.37. The van der Waals surface area contributed by atoms with Crippen LogP contribution in [0.2, 0.25) is 0 Å². The van der Waals surface area contributed by atoms with Gasteiger partial charge in [-0.3, -0.25) is 19.9 Å². The zero-order valence-electron chi connectivity index (χ0n) is 20.6. The van der Waals surface area contributed by atoms with E-state index in [1.54, 1.807) is 64.1 Å². The fourth-order valence-electron chi connectivity index (χ4n) is 3.43. The van der Waals surface area contributed by atoms with E-state index in [1.807, 2.05) is 0 Å². The first kappa shape index (κ1) is 26.3. The van der Waals surface area contributed by atoms with Crippen molar-refractivity contribution in [1.82, 2.24) is 4.98 Å². The predicted molar refractivity (Wildman–Crippen MR) is 133 cm³/mol. The van der Waals surface area contributed by atoms with Crippen molar-refractivity contribution in [2.24, 2.45) is 0 Å². The van der Waals surface area contributed by atoms with Crippen molar-refractivity contribution in [2.45, 2.75) is 39.8 Å². The number of ether oxygens (including phenoxy) is 3. The Morgan fingerprint density at radius 3 is 2.61 bits per heavy atom. The molecule has 4 bridgehead atoms. The van der Waals surface area contributed by atoms with E-state index in [0.717, 1.165) is 4.90 Å². The summed E-state index contributed by atoms with van der Waals surface area (Å²) in [5.74, 6) is -0.412. The molecule has 1 aliphatic heterocycles. The molecule has 1 aliphatic rings. The van der Waals surface area contributed by atoms with Gasteiger partial charge in [0.15, 0.2) is 0 Å². The standard InChI is InChI=1S/C24H29N5O7/c1-5-34-22(30)28-15-16-9-8-10-17(13-16)27(23(31)36-24(2,3)4)11-6-7-12-35-19-14-18(28)20(29(32)33)21(25)26-19/h6-10,13-14H,5,11-12,15H2,1-4H3,(H2,25,26)/b7-6+. The number of rotatable bonds is 2. The van der Waals surface area contributed by atoms with Gasteiger partial charge in [0.05, 0.1) is 18.1 Å². The zero-order valence-corrected chi connectivity index (χ0v) is 20.6. The summed E-state index contributed by atoms with van der Waals surface area (Å²) in [5, 5.41) is 11.8. The molecule has 1 aromatic heterocycles. The minimum Gasteiger partial charge on any atom is -0.473 e. The second-order valence-electron chi connectivity index (χ2n) is 8.80. The van der Waals surface area contributed by atoms with Crippen LogP contribution in [0.4, 0.5) is 32.5 Å². The van der Waals surface area contributed by atoms with Gasteiger partial charge >= 0.3 is 17.9 Å². The molecule has 0 atom stereocenters. The molecule has 12 nitrogen and oxygen atoms in total. The average molecular weight is 500 g/mol. The van der Waals surface area contributed by atoms with Crippen LogP contribution in [-0.2, 0) is 16.0 Å². The Balaban J connectivity index is 2.15. The van der Waals surface area contributed by atoms with Crippen LogP contribution < -0.4 is 20.3 Å². The number of hydrogen-bond donors (Lipinski definition) is 1. The maximum Gasteiger partial charge on any atom is 0.415 e.